The second kappa shape index (κ2) is 15.0. The number of anilines is 1. The van der Waals surface area contributed by atoms with Crippen molar-refractivity contribution in [1.82, 2.24) is 19.4 Å². The van der Waals surface area contributed by atoms with Crippen LogP contribution in [0.25, 0.3) is 22.3 Å². The summed E-state index contributed by atoms with van der Waals surface area (Å²) in [5.41, 5.74) is 12.7. The normalized spacial score (nSPS) is 17.2. The highest BCUT2D eigenvalue weighted by atomic mass is 16.6. The molecule has 4 aliphatic heterocycles. The van der Waals surface area contributed by atoms with E-state index in [1.165, 1.54) is 12.1 Å². The number of benzene rings is 3. The van der Waals surface area contributed by atoms with Crippen LogP contribution >= 0.6 is 0 Å². The van der Waals surface area contributed by atoms with Crippen molar-refractivity contribution in [2.75, 3.05) is 18.0 Å². The Morgan fingerprint density at radius 2 is 1.74 bits per heavy atom. The summed E-state index contributed by atoms with van der Waals surface area (Å²) in [7, 11) is 0. The summed E-state index contributed by atoms with van der Waals surface area (Å²) in [6, 6.07) is 14.4. The lowest BCUT2D eigenvalue weighted by Crippen LogP contribution is -2.46. The lowest BCUT2D eigenvalue weighted by atomic mass is 9.97. The van der Waals surface area contributed by atoms with E-state index < -0.39 is 24.2 Å². The fourth-order valence-corrected chi connectivity index (χ4v) is 9.27. The van der Waals surface area contributed by atoms with Gasteiger partial charge in [0.25, 0.3) is 5.56 Å². The number of nitrogens with two attached hydrogens (primary N) is 1. The third-order valence-corrected chi connectivity index (χ3v) is 12.5. The molecule has 0 radical (unpaired) electrons. The molecule has 2 aromatic heterocycles. The summed E-state index contributed by atoms with van der Waals surface area (Å²) in [4.78, 5) is 61.8. The molecule has 3 amide bonds. The van der Waals surface area contributed by atoms with E-state index in [0.29, 0.717) is 66.5 Å². The van der Waals surface area contributed by atoms with E-state index in [2.05, 4.69) is 4.90 Å². The van der Waals surface area contributed by atoms with Crippen molar-refractivity contribution in [3.8, 4) is 28.6 Å². The molecule has 4 aliphatic rings. The minimum Gasteiger partial charge on any atom is -0.508 e. The molecule has 3 aromatic carbocycles. The smallest absolute Gasteiger partial charge is 0.415 e. The Balaban J connectivity index is 0.860. The number of amides is 3. The zero-order chi connectivity index (χ0) is 43.0. The van der Waals surface area contributed by atoms with Gasteiger partial charge in [-0.05, 0) is 89.9 Å². The van der Waals surface area contributed by atoms with Gasteiger partial charge in [-0.3, -0.25) is 15.1 Å². The number of aliphatic hydroxyl groups excluding tert-OH is 1. The van der Waals surface area contributed by atoms with Crippen molar-refractivity contribution in [2.45, 2.75) is 84.3 Å². The number of phenols is 2. The van der Waals surface area contributed by atoms with Crippen LogP contribution in [0.2, 0.25) is 0 Å². The third-order valence-electron chi connectivity index (χ3n) is 12.5. The topological polar surface area (TPSA) is 225 Å². The highest BCUT2D eigenvalue weighted by Gasteiger charge is 2.36. The van der Waals surface area contributed by atoms with Gasteiger partial charge < -0.3 is 40.0 Å². The van der Waals surface area contributed by atoms with Crippen LogP contribution < -0.4 is 20.9 Å². The summed E-state index contributed by atoms with van der Waals surface area (Å²) in [6.45, 7) is 8.12. The van der Waals surface area contributed by atoms with Crippen molar-refractivity contribution in [1.29, 1.82) is 5.41 Å². The molecule has 0 saturated carbocycles. The van der Waals surface area contributed by atoms with Gasteiger partial charge in [-0.2, -0.15) is 0 Å². The molecule has 1 unspecified atom stereocenters. The standard InChI is InChI=1S/C45H45N7O9/c1-4-28-30-14-27(7-8-35(30)48-39-33(28)20-51-36(39)16-31-34(42(51)56)21-60-43(57)40(31)55)61-45(59)49-11-9-25(10-12-49)50-18-23-5-6-26(13-24(23)19-50)52(44(47)58)41(46)32-15-29(22(2)3)37(53)17-38(32)54/h5-8,13-17,22,25,40,46,53-55H,4,9-12,18-21H2,1-3H3,(H2,47,58). The van der Waals surface area contributed by atoms with E-state index in [-0.39, 0.29) is 64.7 Å². The number of amidine groups is 1. The van der Waals surface area contributed by atoms with Gasteiger partial charge in [0.2, 0.25) is 0 Å². The Labute approximate surface area is 349 Å². The molecule has 0 spiro atoms. The predicted octanol–water partition coefficient (Wildman–Crippen LogP) is 5.50. The van der Waals surface area contributed by atoms with Crippen LogP contribution in [0.15, 0.2) is 59.4 Å². The molecule has 0 bridgehead atoms. The Kier molecular flexibility index (Phi) is 9.78. The molecule has 1 saturated heterocycles. The highest BCUT2D eigenvalue weighted by molar-refractivity contribution is 6.22. The van der Waals surface area contributed by atoms with E-state index in [1.54, 1.807) is 33.7 Å². The van der Waals surface area contributed by atoms with Crippen LogP contribution in [0.1, 0.15) is 90.1 Å². The van der Waals surface area contributed by atoms with Gasteiger partial charge in [0.15, 0.2) is 6.10 Å². The first-order chi connectivity index (χ1) is 29.2. The molecule has 6 N–H and O–H groups in total. The summed E-state index contributed by atoms with van der Waals surface area (Å²) in [5, 5.41) is 41.1. The quantitative estimate of drug-likeness (QED) is 0.0801. The molecule has 5 aromatic rings. The van der Waals surface area contributed by atoms with E-state index >= 15 is 0 Å². The van der Waals surface area contributed by atoms with Gasteiger partial charge >= 0.3 is 18.1 Å². The number of ether oxygens (including phenoxy) is 2. The fraction of sp³-hybridized carbons (Fsp3) is 0.333. The monoisotopic (exact) mass is 827 g/mol. The van der Waals surface area contributed by atoms with Crippen molar-refractivity contribution in [3.05, 3.63) is 109 Å². The minimum atomic E-state index is -1.53. The van der Waals surface area contributed by atoms with Crippen LogP contribution in [0.3, 0.4) is 0 Å². The number of cyclic esters (lactones) is 1. The Morgan fingerprint density at radius 1 is 0.984 bits per heavy atom. The van der Waals surface area contributed by atoms with Gasteiger partial charge in [-0.1, -0.05) is 26.8 Å². The first-order valence-corrected chi connectivity index (χ1v) is 20.4. The van der Waals surface area contributed by atoms with Crippen LogP contribution in [0, 0.1) is 5.41 Å². The van der Waals surface area contributed by atoms with E-state index in [4.69, 9.17) is 25.6 Å². The summed E-state index contributed by atoms with van der Waals surface area (Å²) in [5.74, 6) is -1.25. The number of carbonyl (C=O) groups is 3. The zero-order valence-corrected chi connectivity index (χ0v) is 33.9. The first kappa shape index (κ1) is 39.7. The van der Waals surface area contributed by atoms with Crippen molar-refractivity contribution in [2.24, 2.45) is 5.73 Å². The van der Waals surface area contributed by atoms with Gasteiger partial charge in [0.05, 0.1) is 40.3 Å². The Morgan fingerprint density at radius 3 is 2.46 bits per heavy atom. The van der Waals surface area contributed by atoms with Crippen LogP contribution in [0.4, 0.5) is 15.3 Å². The summed E-state index contributed by atoms with van der Waals surface area (Å²) in [6.07, 6.45) is 0.0836. The number of hydrogen-bond donors (Lipinski definition) is 5. The second-order valence-electron chi connectivity index (χ2n) is 16.4. The first-order valence-electron chi connectivity index (χ1n) is 20.4. The average molecular weight is 828 g/mol. The number of piperidine rings is 1. The van der Waals surface area contributed by atoms with Gasteiger partial charge in [0, 0.05) is 54.8 Å². The third kappa shape index (κ3) is 6.71. The molecule has 0 aliphatic carbocycles. The number of aliphatic hydroxyl groups is 1. The van der Waals surface area contributed by atoms with Crippen LogP contribution in [-0.2, 0) is 42.2 Å². The number of pyridine rings is 2. The molecular weight excluding hydrogens is 783 g/mol. The van der Waals surface area contributed by atoms with E-state index in [9.17, 15) is 34.5 Å². The molecule has 16 nitrogen and oxygen atoms in total. The van der Waals surface area contributed by atoms with Gasteiger partial charge in [-0.15, -0.1) is 0 Å². The maximum atomic E-state index is 13.5. The van der Waals surface area contributed by atoms with Gasteiger partial charge in [0.1, 0.15) is 29.7 Å². The maximum absolute atomic E-state index is 13.5. The predicted molar refractivity (Wildman–Crippen MR) is 224 cm³/mol. The molecule has 6 heterocycles. The number of fused-ring (bicyclic) bond motifs is 6. The number of esters is 1. The molecule has 1 atom stereocenters. The number of hydrogen-bond acceptors (Lipinski definition) is 12. The molecule has 16 heteroatoms. The SMILES string of the molecule is CCc1c2c(nc3ccc(OC(=O)N4CCC(N5Cc6ccc(N(C(=N)c7cc(C(C)C)c(O)cc7O)C(N)=O)cc6C5)CC4)cc13)-c1cc3c(c(=O)n1C2)COC(=O)C3O. The Bertz CT molecular complexity index is 2770. The number of nitrogens with zero attached hydrogens (tertiary/aromatic N) is 5. The molecule has 314 valence electrons. The number of urea groups is 1. The number of likely N-dealkylation sites (tertiary alicyclic amines) is 1. The summed E-state index contributed by atoms with van der Waals surface area (Å²) >= 11 is 0. The lowest BCUT2D eigenvalue weighted by molar-refractivity contribution is -0.157. The van der Waals surface area contributed by atoms with Crippen LogP contribution in [0.5, 0.6) is 17.2 Å². The Hall–Kier alpha value is -6.78. The number of primary amides is 1. The zero-order valence-electron chi connectivity index (χ0n) is 33.9. The summed E-state index contributed by atoms with van der Waals surface area (Å²) < 4.78 is 12.6. The fourth-order valence-electron chi connectivity index (χ4n) is 9.27. The van der Waals surface area contributed by atoms with Crippen molar-refractivity contribution < 1.29 is 39.2 Å². The number of aromatic nitrogens is 2. The van der Waals surface area contributed by atoms with Crippen molar-refractivity contribution in [3.63, 3.8) is 0 Å². The maximum Gasteiger partial charge on any atom is 0.415 e. The number of carbonyl (C=O) groups excluding carboxylic acids is 3. The second-order valence-corrected chi connectivity index (χ2v) is 16.4. The highest BCUT2D eigenvalue weighted by Crippen LogP contribution is 2.40. The largest absolute Gasteiger partial charge is 0.508 e. The van der Waals surface area contributed by atoms with E-state index in [1.807, 2.05) is 39.0 Å². The molecule has 1 fully saturated rings. The molecule has 61 heavy (non-hydrogen) atoms. The van der Waals surface area contributed by atoms with Gasteiger partial charge in [-0.25, -0.2) is 24.3 Å². The molecular formula is C45H45N7O9. The number of aryl methyl sites for hydroxylation is 1. The lowest BCUT2D eigenvalue weighted by Gasteiger charge is -2.36. The molecule has 9 rings (SSSR count). The number of nitrogens with one attached hydrogen (secondary N) is 1. The van der Waals surface area contributed by atoms with E-state index in [0.717, 1.165) is 45.4 Å². The number of phenolic OH excluding ortho intramolecular Hbond substituents is 2. The van der Waals surface area contributed by atoms with Crippen LogP contribution in [-0.4, -0.2) is 77.7 Å². The number of rotatable bonds is 6. The average Bonchev–Trinajstić information content (AvgIpc) is 3.83. The minimum absolute atomic E-state index is 0.0719. The van der Waals surface area contributed by atoms with Crippen molar-refractivity contribution >= 4 is 40.5 Å². The number of aromatic hydroxyl groups is 2.